The van der Waals surface area contributed by atoms with Crippen LogP contribution in [0.15, 0.2) is 24.3 Å². The van der Waals surface area contributed by atoms with Gasteiger partial charge in [0.15, 0.2) is 5.78 Å². The fraction of sp³-hybridized carbons (Fsp3) is 0.385. The van der Waals surface area contributed by atoms with Gasteiger partial charge in [-0.25, -0.2) is 4.68 Å². The highest BCUT2D eigenvalue weighted by Gasteiger charge is 2.45. The molecule has 1 aromatic heterocycles. The summed E-state index contributed by atoms with van der Waals surface area (Å²) in [6, 6.07) is 6.13. The Balaban J connectivity index is 1.71. The maximum absolute atomic E-state index is 11.9. The van der Waals surface area contributed by atoms with Crippen LogP contribution < -0.4 is 0 Å². The van der Waals surface area contributed by atoms with Crippen LogP contribution in [0, 0.1) is 4.77 Å². The molecule has 1 aromatic carbocycles. The molecule has 8 nitrogen and oxygen atoms in total. The van der Waals surface area contributed by atoms with Crippen molar-refractivity contribution in [2.45, 2.75) is 24.9 Å². The van der Waals surface area contributed by atoms with Crippen molar-refractivity contribution in [2.75, 3.05) is 6.61 Å². The number of carbonyl (C=O) groups excluding carboxylic acids is 1. The highest BCUT2D eigenvalue weighted by molar-refractivity contribution is 7.71. The maximum Gasteiger partial charge on any atom is 0.221 e. The van der Waals surface area contributed by atoms with Crippen molar-refractivity contribution in [3.63, 3.8) is 0 Å². The minimum Gasteiger partial charge on any atom is -0.508 e. The summed E-state index contributed by atoms with van der Waals surface area (Å²) in [6.07, 6.45) is -0.736. The lowest BCUT2D eigenvalue weighted by Crippen LogP contribution is -2.37. The number of ether oxygens (including phenoxy) is 2. The van der Waals surface area contributed by atoms with Crippen LogP contribution >= 0.6 is 12.2 Å². The molecule has 2 saturated heterocycles. The molecule has 22 heavy (non-hydrogen) atoms. The van der Waals surface area contributed by atoms with Gasteiger partial charge in [0, 0.05) is 6.42 Å². The SMILES string of the molecule is O=C1C[C@H](n2nnn(-c3ccc(O)cc3)c2=S)[C@@H]2CO[C@H]1O2. The predicted octanol–water partition coefficient (Wildman–Crippen LogP) is 0.759. The molecule has 114 valence electrons. The van der Waals surface area contributed by atoms with E-state index in [1.54, 1.807) is 24.3 Å². The summed E-state index contributed by atoms with van der Waals surface area (Å²) >= 11 is 5.40. The van der Waals surface area contributed by atoms with Crippen molar-refractivity contribution >= 4 is 18.0 Å². The molecule has 2 aromatic rings. The van der Waals surface area contributed by atoms with Crippen LogP contribution in [0.3, 0.4) is 0 Å². The van der Waals surface area contributed by atoms with Crippen LogP contribution in [0.1, 0.15) is 12.5 Å². The van der Waals surface area contributed by atoms with Gasteiger partial charge in [-0.3, -0.25) is 4.79 Å². The molecule has 2 fully saturated rings. The third-order valence-corrected chi connectivity index (χ3v) is 4.18. The molecule has 0 aliphatic carbocycles. The number of benzene rings is 1. The fourth-order valence-electron chi connectivity index (χ4n) is 2.69. The Morgan fingerprint density at radius 3 is 2.82 bits per heavy atom. The summed E-state index contributed by atoms with van der Waals surface area (Å²) in [7, 11) is 0. The van der Waals surface area contributed by atoms with Gasteiger partial charge in [0.05, 0.1) is 18.3 Å². The lowest BCUT2D eigenvalue weighted by atomic mass is 10.0. The number of ketones is 1. The number of tetrazole rings is 1. The summed E-state index contributed by atoms with van der Waals surface area (Å²) in [5.41, 5.74) is 0.678. The predicted molar refractivity (Wildman–Crippen MR) is 75.1 cm³/mol. The van der Waals surface area contributed by atoms with E-state index in [9.17, 15) is 9.90 Å². The Morgan fingerprint density at radius 1 is 1.27 bits per heavy atom. The Bertz CT molecular complexity index is 784. The van der Waals surface area contributed by atoms with Crippen molar-refractivity contribution in [3.05, 3.63) is 29.0 Å². The zero-order valence-corrected chi connectivity index (χ0v) is 12.1. The zero-order chi connectivity index (χ0) is 15.3. The minimum atomic E-state index is -0.748. The monoisotopic (exact) mass is 320 g/mol. The second kappa shape index (κ2) is 4.97. The van der Waals surface area contributed by atoms with Crippen molar-refractivity contribution < 1.29 is 19.4 Å². The first-order chi connectivity index (χ1) is 10.6. The molecule has 4 rings (SSSR count). The van der Waals surface area contributed by atoms with E-state index in [1.807, 2.05) is 0 Å². The van der Waals surface area contributed by atoms with Gasteiger partial charge >= 0.3 is 0 Å². The van der Waals surface area contributed by atoms with Gasteiger partial charge in [0.1, 0.15) is 11.9 Å². The number of phenolic OH excluding ortho intramolecular Hbond substituents is 1. The van der Waals surface area contributed by atoms with Gasteiger partial charge in [0.25, 0.3) is 0 Å². The van der Waals surface area contributed by atoms with Crippen LogP contribution in [0.5, 0.6) is 5.75 Å². The summed E-state index contributed by atoms with van der Waals surface area (Å²) in [5, 5.41) is 17.4. The fourth-order valence-corrected chi connectivity index (χ4v) is 3.00. The number of hydrogen-bond donors (Lipinski definition) is 1. The van der Waals surface area contributed by atoms with Crippen molar-refractivity contribution in [3.8, 4) is 11.4 Å². The number of aromatic nitrogens is 4. The van der Waals surface area contributed by atoms with Gasteiger partial charge < -0.3 is 14.6 Å². The molecule has 0 saturated carbocycles. The number of rotatable bonds is 2. The summed E-state index contributed by atoms with van der Waals surface area (Å²) in [4.78, 5) is 11.9. The first-order valence-corrected chi connectivity index (χ1v) is 7.18. The number of carbonyl (C=O) groups is 1. The average Bonchev–Trinajstić information content (AvgIpc) is 3.10. The molecule has 0 spiro atoms. The summed E-state index contributed by atoms with van der Waals surface area (Å²) in [6.45, 7) is 0.342. The Kier molecular flexibility index (Phi) is 3.06. The van der Waals surface area contributed by atoms with E-state index < -0.39 is 6.29 Å². The van der Waals surface area contributed by atoms with E-state index >= 15 is 0 Å². The topological polar surface area (TPSA) is 91.4 Å². The third kappa shape index (κ3) is 2.05. The molecule has 1 N–H and O–H groups in total. The lowest BCUT2D eigenvalue weighted by Gasteiger charge is -2.25. The number of hydrogen-bond acceptors (Lipinski definition) is 7. The van der Waals surface area contributed by atoms with E-state index in [1.165, 1.54) is 9.36 Å². The normalized spacial score (nSPS) is 27.3. The molecule has 0 radical (unpaired) electrons. The van der Waals surface area contributed by atoms with Crippen molar-refractivity contribution in [1.29, 1.82) is 0 Å². The smallest absolute Gasteiger partial charge is 0.221 e. The highest BCUT2D eigenvalue weighted by atomic mass is 32.1. The molecule has 3 heterocycles. The zero-order valence-electron chi connectivity index (χ0n) is 11.3. The van der Waals surface area contributed by atoms with Crippen LogP contribution in [-0.2, 0) is 14.3 Å². The van der Waals surface area contributed by atoms with Gasteiger partial charge in [-0.2, -0.15) is 4.68 Å². The standard InChI is InChI=1S/C13H12N4O4S/c18-8-3-1-7(2-4-8)16-13(22)17(15-14-16)9-5-10(19)12-20-6-11(9)21-12/h1-4,9,11-12,18H,5-6H2/t9-,11-,12-/m0/s1. The molecule has 2 aliphatic rings. The maximum atomic E-state index is 11.9. The summed E-state index contributed by atoms with van der Waals surface area (Å²) in [5.74, 6) is 0.0444. The van der Waals surface area contributed by atoms with Crippen LogP contribution in [0.2, 0.25) is 0 Å². The van der Waals surface area contributed by atoms with E-state index in [0.29, 0.717) is 17.1 Å². The molecule has 0 amide bonds. The van der Waals surface area contributed by atoms with Gasteiger partial charge in [-0.05, 0) is 46.9 Å². The van der Waals surface area contributed by atoms with Crippen molar-refractivity contribution in [2.24, 2.45) is 0 Å². The lowest BCUT2D eigenvalue weighted by molar-refractivity contribution is -0.156. The van der Waals surface area contributed by atoms with Crippen LogP contribution in [0.4, 0.5) is 0 Å². The molecule has 0 unspecified atom stereocenters. The van der Waals surface area contributed by atoms with Crippen molar-refractivity contribution in [1.82, 2.24) is 19.8 Å². The highest BCUT2D eigenvalue weighted by Crippen LogP contribution is 2.32. The number of Topliss-reactive ketones (excluding diaryl/α,β-unsaturated/α-hetero) is 1. The number of aromatic hydroxyl groups is 1. The molecule has 2 aliphatic heterocycles. The van der Waals surface area contributed by atoms with Crippen LogP contribution in [0.25, 0.3) is 5.69 Å². The number of fused-ring (bicyclic) bond motifs is 2. The quantitative estimate of drug-likeness (QED) is 0.817. The molecular formula is C13H12N4O4S. The Hall–Kier alpha value is -2.10. The third-order valence-electron chi connectivity index (χ3n) is 3.82. The van der Waals surface area contributed by atoms with E-state index in [4.69, 9.17) is 21.7 Å². The average molecular weight is 320 g/mol. The molecule has 3 atom stereocenters. The first kappa shape index (κ1) is 13.6. The second-order valence-corrected chi connectivity index (χ2v) is 5.58. The van der Waals surface area contributed by atoms with E-state index in [2.05, 4.69) is 10.4 Å². The van der Waals surface area contributed by atoms with Gasteiger partial charge in [0.2, 0.25) is 11.1 Å². The minimum absolute atomic E-state index is 0.111. The van der Waals surface area contributed by atoms with Gasteiger partial charge in [-0.1, -0.05) is 0 Å². The molecule has 9 heteroatoms. The number of nitrogens with zero attached hydrogens (tertiary/aromatic N) is 4. The Morgan fingerprint density at radius 2 is 2.05 bits per heavy atom. The number of phenols is 1. The van der Waals surface area contributed by atoms with Gasteiger partial charge in [-0.15, -0.1) is 0 Å². The molecule has 2 bridgehead atoms. The largest absolute Gasteiger partial charge is 0.508 e. The van der Waals surface area contributed by atoms with E-state index in [0.717, 1.165) is 0 Å². The van der Waals surface area contributed by atoms with Crippen LogP contribution in [-0.4, -0.2) is 49.7 Å². The van der Waals surface area contributed by atoms with E-state index in [-0.39, 0.29) is 30.1 Å². The second-order valence-electron chi connectivity index (χ2n) is 5.21. The first-order valence-electron chi connectivity index (χ1n) is 6.77. The Labute approximate surface area is 129 Å². The molecular weight excluding hydrogens is 308 g/mol. The summed E-state index contributed by atoms with van der Waals surface area (Å²) < 4.78 is 14.2.